The van der Waals surface area contributed by atoms with Gasteiger partial charge < -0.3 is 10.2 Å². The number of anilines is 1. The minimum atomic E-state index is 0.214. The number of aromatic nitrogens is 3. The van der Waals surface area contributed by atoms with E-state index in [4.69, 9.17) is 0 Å². The third kappa shape index (κ3) is 3.18. The second kappa shape index (κ2) is 6.17. The first-order valence-electron chi connectivity index (χ1n) is 7.05. The van der Waals surface area contributed by atoms with Crippen LogP contribution in [-0.4, -0.2) is 45.1 Å². The summed E-state index contributed by atoms with van der Waals surface area (Å²) in [4.78, 5) is 17.8. The van der Waals surface area contributed by atoms with Gasteiger partial charge in [0.15, 0.2) is 5.01 Å². The Hall–Kier alpha value is -2.02. The standard InChI is InChI=1S/C14H17N5OS/c1-2-12(20)19-8-6-10(9-19)16-14-18-17-13(21-14)11-5-3-4-7-15-11/h3-5,7,10H,2,6,8-9H2,1H3,(H,16,18). The molecule has 1 unspecified atom stereocenters. The number of amides is 1. The molecule has 3 heterocycles. The van der Waals surface area contributed by atoms with Gasteiger partial charge in [-0.2, -0.15) is 0 Å². The fourth-order valence-corrected chi connectivity index (χ4v) is 3.17. The summed E-state index contributed by atoms with van der Waals surface area (Å²) in [7, 11) is 0. The lowest BCUT2D eigenvalue weighted by Crippen LogP contribution is -2.30. The van der Waals surface area contributed by atoms with Gasteiger partial charge in [-0.15, -0.1) is 10.2 Å². The van der Waals surface area contributed by atoms with E-state index in [1.165, 1.54) is 11.3 Å². The molecule has 1 atom stereocenters. The molecule has 0 radical (unpaired) electrons. The number of rotatable bonds is 4. The Labute approximate surface area is 127 Å². The molecule has 0 spiro atoms. The lowest BCUT2D eigenvalue weighted by Gasteiger charge is -2.15. The molecule has 1 amide bonds. The molecule has 21 heavy (non-hydrogen) atoms. The Balaban J connectivity index is 1.62. The Kier molecular flexibility index (Phi) is 4.10. The summed E-state index contributed by atoms with van der Waals surface area (Å²) >= 11 is 1.49. The van der Waals surface area contributed by atoms with Crippen LogP contribution in [0.5, 0.6) is 0 Å². The van der Waals surface area contributed by atoms with Crippen LogP contribution in [0.15, 0.2) is 24.4 Å². The van der Waals surface area contributed by atoms with Crippen molar-refractivity contribution >= 4 is 22.4 Å². The minimum Gasteiger partial charge on any atom is -0.355 e. The lowest BCUT2D eigenvalue weighted by atomic mass is 10.3. The van der Waals surface area contributed by atoms with E-state index >= 15 is 0 Å². The average Bonchev–Trinajstić information content (AvgIpc) is 3.17. The summed E-state index contributed by atoms with van der Waals surface area (Å²) in [6.45, 7) is 3.45. The summed E-state index contributed by atoms with van der Waals surface area (Å²) in [5.41, 5.74) is 0.831. The van der Waals surface area contributed by atoms with Crippen molar-refractivity contribution in [2.24, 2.45) is 0 Å². The zero-order valence-electron chi connectivity index (χ0n) is 11.8. The maximum atomic E-state index is 11.7. The Bertz CT molecular complexity index is 615. The number of pyridine rings is 1. The van der Waals surface area contributed by atoms with Crippen LogP contribution < -0.4 is 5.32 Å². The summed E-state index contributed by atoms with van der Waals surface area (Å²) in [6, 6.07) is 5.98. The van der Waals surface area contributed by atoms with Gasteiger partial charge >= 0.3 is 0 Å². The number of nitrogens with zero attached hydrogens (tertiary/aromatic N) is 4. The molecule has 1 aliphatic heterocycles. The molecular formula is C14H17N5OS. The SMILES string of the molecule is CCC(=O)N1CCC(Nc2nnc(-c3ccccn3)s2)C1. The Morgan fingerprint density at radius 3 is 3.14 bits per heavy atom. The highest BCUT2D eigenvalue weighted by Crippen LogP contribution is 2.26. The molecule has 2 aromatic heterocycles. The van der Waals surface area contributed by atoms with E-state index in [1.807, 2.05) is 30.0 Å². The van der Waals surface area contributed by atoms with Gasteiger partial charge in [-0.05, 0) is 18.6 Å². The van der Waals surface area contributed by atoms with Gasteiger partial charge in [0, 0.05) is 31.7 Å². The second-order valence-electron chi connectivity index (χ2n) is 4.95. The number of likely N-dealkylation sites (tertiary alicyclic amines) is 1. The number of hydrogen-bond donors (Lipinski definition) is 1. The van der Waals surface area contributed by atoms with Crippen molar-refractivity contribution < 1.29 is 4.79 Å². The van der Waals surface area contributed by atoms with E-state index in [0.29, 0.717) is 6.42 Å². The molecule has 6 nitrogen and oxygen atoms in total. The van der Waals surface area contributed by atoms with Crippen LogP contribution in [0, 0.1) is 0 Å². The van der Waals surface area contributed by atoms with Crippen LogP contribution in [0.4, 0.5) is 5.13 Å². The van der Waals surface area contributed by atoms with E-state index in [0.717, 1.165) is 35.3 Å². The summed E-state index contributed by atoms with van der Waals surface area (Å²) in [5, 5.41) is 13.3. The highest BCUT2D eigenvalue weighted by atomic mass is 32.1. The third-order valence-corrected chi connectivity index (χ3v) is 4.36. The van der Waals surface area contributed by atoms with Crippen LogP contribution in [0.25, 0.3) is 10.7 Å². The molecule has 0 bridgehead atoms. The molecule has 0 aliphatic carbocycles. The quantitative estimate of drug-likeness (QED) is 0.935. The molecule has 1 saturated heterocycles. The fraction of sp³-hybridized carbons (Fsp3) is 0.429. The largest absolute Gasteiger partial charge is 0.355 e. The van der Waals surface area contributed by atoms with Crippen molar-refractivity contribution in [3.05, 3.63) is 24.4 Å². The maximum absolute atomic E-state index is 11.7. The van der Waals surface area contributed by atoms with Gasteiger partial charge in [0.1, 0.15) is 5.69 Å². The van der Waals surface area contributed by atoms with Gasteiger partial charge in [-0.3, -0.25) is 9.78 Å². The van der Waals surface area contributed by atoms with Crippen LogP contribution >= 0.6 is 11.3 Å². The molecule has 0 saturated carbocycles. The van der Waals surface area contributed by atoms with Crippen molar-refractivity contribution in [1.82, 2.24) is 20.1 Å². The summed E-state index contributed by atoms with van der Waals surface area (Å²) in [5.74, 6) is 0.214. The molecule has 2 aromatic rings. The normalized spacial score (nSPS) is 18.0. The van der Waals surface area contributed by atoms with Gasteiger partial charge in [0.25, 0.3) is 0 Å². The van der Waals surface area contributed by atoms with Gasteiger partial charge in [0.05, 0.1) is 0 Å². The van der Waals surface area contributed by atoms with Crippen LogP contribution in [0.3, 0.4) is 0 Å². The molecule has 1 N–H and O–H groups in total. The van der Waals surface area contributed by atoms with Gasteiger partial charge in [0.2, 0.25) is 11.0 Å². The third-order valence-electron chi connectivity index (χ3n) is 3.48. The van der Waals surface area contributed by atoms with E-state index in [2.05, 4.69) is 20.5 Å². The molecule has 1 aliphatic rings. The minimum absolute atomic E-state index is 0.214. The molecule has 3 rings (SSSR count). The number of nitrogens with one attached hydrogen (secondary N) is 1. The fourth-order valence-electron chi connectivity index (χ4n) is 2.38. The predicted octanol–water partition coefficient (Wildman–Crippen LogP) is 2.02. The van der Waals surface area contributed by atoms with Crippen LogP contribution in [-0.2, 0) is 4.79 Å². The van der Waals surface area contributed by atoms with Crippen LogP contribution in [0.1, 0.15) is 19.8 Å². The predicted molar refractivity (Wildman–Crippen MR) is 82.0 cm³/mol. The number of carbonyl (C=O) groups is 1. The maximum Gasteiger partial charge on any atom is 0.222 e. The van der Waals surface area contributed by atoms with Crippen molar-refractivity contribution in [3.63, 3.8) is 0 Å². The van der Waals surface area contributed by atoms with Crippen LogP contribution in [0.2, 0.25) is 0 Å². The molecule has 7 heteroatoms. The lowest BCUT2D eigenvalue weighted by molar-refractivity contribution is -0.129. The Morgan fingerprint density at radius 2 is 2.38 bits per heavy atom. The smallest absolute Gasteiger partial charge is 0.222 e. The number of carbonyl (C=O) groups excluding carboxylic acids is 1. The molecule has 1 fully saturated rings. The first-order valence-corrected chi connectivity index (χ1v) is 7.87. The van der Waals surface area contributed by atoms with Gasteiger partial charge in [-0.25, -0.2) is 0 Å². The molecule has 110 valence electrons. The zero-order valence-corrected chi connectivity index (χ0v) is 12.6. The highest BCUT2D eigenvalue weighted by molar-refractivity contribution is 7.18. The van der Waals surface area contributed by atoms with E-state index in [-0.39, 0.29) is 11.9 Å². The Morgan fingerprint density at radius 1 is 1.48 bits per heavy atom. The van der Waals surface area contributed by atoms with Gasteiger partial charge in [-0.1, -0.05) is 24.3 Å². The first kappa shape index (κ1) is 13.9. The van der Waals surface area contributed by atoms with Crippen molar-refractivity contribution in [2.45, 2.75) is 25.8 Å². The zero-order chi connectivity index (χ0) is 14.7. The van der Waals surface area contributed by atoms with Crippen molar-refractivity contribution in [3.8, 4) is 10.7 Å². The highest BCUT2D eigenvalue weighted by Gasteiger charge is 2.25. The van der Waals surface area contributed by atoms with Crippen molar-refractivity contribution in [2.75, 3.05) is 18.4 Å². The monoisotopic (exact) mass is 303 g/mol. The van der Waals surface area contributed by atoms with E-state index in [9.17, 15) is 4.79 Å². The number of hydrogen-bond acceptors (Lipinski definition) is 6. The second-order valence-corrected chi connectivity index (χ2v) is 5.93. The average molecular weight is 303 g/mol. The molecular weight excluding hydrogens is 286 g/mol. The summed E-state index contributed by atoms with van der Waals surface area (Å²) in [6.07, 6.45) is 3.26. The summed E-state index contributed by atoms with van der Waals surface area (Å²) < 4.78 is 0. The van der Waals surface area contributed by atoms with E-state index in [1.54, 1.807) is 6.20 Å². The topological polar surface area (TPSA) is 71.0 Å². The van der Waals surface area contributed by atoms with Crippen molar-refractivity contribution in [1.29, 1.82) is 0 Å². The first-order chi connectivity index (χ1) is 10.3. The molecule has 0 aromatic carbocycles. The van der Waals surface area contributed by atoms with E-state index < -0.39 is 0 Å².